The molecule has 2 nitrogen and oxygen atoms in total. The number of hydrogen-bond acceptors (Lipinski definition) is 2. The fourth-order valence-corrected chi connectivity index (χ4v) is 0. The summed E-state index contributed by atoms with van der Waals surface area (Å²) in [6, 6.07) is 0.384. The topological polar surface area (TPSA) is 38.0 Å². The minimum atomic E-state index is 0.384. The highest BCUT2D eigenvalue weighted by atomic mass is 14.8. The Bertz CT molecular complexity index is 33.9. The first-order chi connectivity index (χ1) is 4.18. The molecule has 9 heavy (non-hydrogen) atoms. The molecule has 0 saturated carbocycles. The first kappa shape index (κ1) is 11.7. The van der Waals surface area contributed by atoms with Crippen molar-refractivity contribution in [2.75, 3.05) is 13.6 Å². The summed E-state index contributed by atoms with van der Waals surface area (Å²) in [6.07, 6.45) is 1.08. The molecule has 0 heterocycles. The minimum Gasteiger partial charge on any atom is -0.328 e. The van der Waals surface area contributed by atoms with Crippen LogP contribution in [0.4, 0.5) is 0 Å². The molecule has 0 aliphatic heterocycles. The van der Waals surface area contributed by atoms with Crippen molar-refractivity contribution in [1.29, 1.82) is 0 Å². The molecule has 1 unspecified atom stereocenters. The van der Waals surface area contributed by atoms with E-state index in [1.54, 1.807) is 0 Å². The van der Waals surface area contributed by atoms with E-state index in [1.165, 1.54) is 0 Å². The lowest BCUT2D eigenvalue weighted by Crippen LogP contribution is -2.11. The summed E-state index contributed by atoms with van der Waals surface area (Å²) in [5, 5.41) is 2.93. The van der Waals surface area contributed by atoms with Gasteiger partial charge in [0.25, 0.3) is 0 Å². The van der Waals surface area contributed by atoms with Crippen LogP contribution in [0.2, 0.25) is 0 Å². The summed E-state index contributed by atoms with van der Waals surface area (Å²) in [7, 11) is 1.93. The summed E-state index contributed by atoms with van der Waals surface area (Å²) in [5.74, 6) is 0. The van der Waals surface area contributed by atoms with Crippen LogP contribution in [0.5, 0.6) is 0 Å². The van der Waals surface area contributed by atoms with Crippen molar-refractivity contribution in [3.8, 4) is 0 Å². The van der Waals surface area contributed by atoms with Crippen molar-refractivity contribution in [3.05, 3.63) is 0 Å². The van der Waals surface area contributed by atoms with E-state index in [2.05, 4.69) is 19.2 Å². The lowest BCUT2D eigenvalue weighted by atomic mass is 10.3. The van der Waals surface area contributed by atoms with Gasteiger partial charge in [0.2, 0.25) is 0 Å². The molecule has 0 aromatic carbocycles. The monoisotopic (exact) mass is 132 g/mol. The Kier molecular flexibility index (Phi) is 14.0. The van der Waals surface area contributed by atoms with Gasteiger partial charge in [-0.2, -0.15) is 0 Å². The highest BCUT2D eigenvalue weighted by Gasteiger charge is 1.79. The van der Waals surface area contributed by atoms with Gasteiger partial charge in [-0.15, -0.1) is 0 Å². The second-order valence-corrected chi connectivity index (χ2v) is 2.09. The molecule has 0 rings (SSSR count). The molecule has 0 aromatic heterocycles. The van der Waals surface area contributed by atoms with Crippen molar-refractivity contribution in [2.45, 2.75) is 33.2 Å². The van der Waals surface area contributed by atoms with Crippen LogP contribution in [0.3, 0.4) is 0 Å². The van der Waals surface area contributed by atoms with Crippen LogP contribution in [0.25, 0.3) is 0 Å². The first-order valence-corrected chi connectivity index (χ1v) is 3.59. The van der Waals surface area contributed by atoms with Gasteiger partial charge in [0.1, 0.15) is 0 Å². The molecule has 2 heteroatoms. The Hall–Kier alpha value is -0.0800. The van der Waals surface area contributed by atoms with Crippen molar-refractivity contribution in [1.82, 2.24) is 5.32 Å². The van der Waals surface area contributed by atoms with E-state index in [0.717, 1.165) is 13.0 Å². The third kappa shape index (κ3) is 32.6. The summed E-state index contributed by atoms with van der Waals surface area (Å²) >= 11 is 0. The number of hydrogen-bond donors (Lipinski definition) is 2. The maximum atomic E-state index is 5.29. The molecule has 0 bridgehead atoms. The molecular formula is C7H20N2. The van der Waals surface area contributed by atoms with Crippen LogP contribution in [0.1, 0.15) is 27.2 Å². The summed E-state index contributed by atoms with van der Waals surface area (Å²) < 4.78 is 0. The van der Waals surface area contributed by atoms with Crippen molar-refractivity contribution < 1.29 is 0 Å². The Balaban J connectivity index is 0. The van der Waals surface area contributed by atoms with Gasteiger partial charge < -0.3 is 11.1 Å². The Morgan fingerprint density at radius 1 is 1.44 bits per heavy atom. The maximum absolute atomic E-state index is 5.29. The fraction of sp³-hybridized carbons (Fsp3) is 1.00. The third-order valence-electron chi connectivity index (χ3n) is 0.998. The van der Waals surface area contributed by atoms with E-state index in [1.807, 2.05) is 14.0 Å². The van der Waals surface area contributed by atoms with Gasteiger partial charge in [0.15, 0.2) is 0 Å². The number of nitrogens with two attached hydrogens (primary N) is 1. The quantitative estimate of drug-likeness (QED) is 0.587. The molecule has 0 saturated heterocycles. The predicted octanol–water partition coefficient (Wildman–Crippen LogP) is 0.969. The molecule has 0 aromatic rings. The SMILES string of the molecule is CCC(C)N.CCNC. The zero-order chi connectivity index (χ0) is 7.70. The molecule has 0 fully saturated rings. The maximum Gasteiger partial charge on any atom is 0.000781 e. The van der Waals surface area contributed by atoms with Gasteiger partial charge in [-0.25, -0.2) is 0 Å². The smallest absolute Gasteiger partial charge is 0.000781 e. The second kappa shape index (κ2) is 10.8. The standard InChI is InChI=1S/C4H11N.C3H9N/c1-3-4(2)5;1-3-4-2/h4H,3,5H2,1-2H3;4H,3H2,1-2H3. The van der Waals surface area contributed by atoms with Gasteiger partial charge in [-0.05, 0) is 26.9 Å². The number of rotatable bonds is 2. The molecule has 3 N–H and O–H groups in total. The van der Waals surface area contributed by atoms with E-state index < -0.39 is 0 Å². The normalized spacial score (nSPS) is 11.7. The average molecular weight is 132 g/mol. The molecule has 0 spiro atoms. The first-order valence-electron chi connectivity index (χ1n) is 3.59. The second-order valence-electron chi connectivity index (χ2n) is 2.09. The summed E-state index contributed by atoms with van der Waals surface area (Å²) in [5.41, 5.74) is 5.29. The van der Waals surface area contributed by atoms with Crippen LogP contribution < -0.4 is 11.1 Å². The van der Waals surface area contributed by atoms with Crippen molar-refractivity contribution in [2.24, 2.45) is 5.73 Å². The van der Waals surface area contributed by atoms with E-state index in [0.29, 0.717) is 6.04 Å². The Morgan fingerprint density at radius 2 is 1.67 bits per heavy atom. The Labute approximate surface area is 58.8 Å². The van der Waals surface area contributed by atoms with E-state index in [9.17, 15) is 0 Å². The number of nitrogens with one attached hydrogen (secondary N) is 1. The average Bonchev–Trinajstić information content (AvgIpc) is 1.89. The lowest BCUT2D eigenvalue weighted by molar-refractivity contribution is 0.715. The largest absolute Gasteiger partial charge is 0.328 e. The summed E-state index contributed by atoms with van der Waals surface area (Å²) in [4.78, 5) is 0. The lowest BCUT2D eigenvalue weighted by Gasteiger charge is -1.91. The van der Waals surface area contributed by atoms with Gasteiger partial charge in [0.05, 0.1) is 0 Å². The highest BCUT2D eigenvalue weighted by molar-refractivity contribution is 4.43. The van der Waals surface area contributed by atoms with Crippen LogP contribution in [0.15, 0.2) is 0 Å². The van der Waals surface area contributed by atoms with Gasteiger partial charge in [-0.3, -0.25) is 0 Å². The van der Waals surface area contributed by atoms with E-state index in [-0.39, 0.29) is 0 Å². The minimum absolute atomic E-state index is 0.384. The molecular weight excluding hydrogens is 112 g/mol. The van der Waals surface area contributed by atoms with E-state index >= 15 is 0 Å². The van der Waals surface area contributed by atoms with Crippen molar-refractivity contribution in [3.63, 3.8) is 0 Å². The molecule has 0 radical (unpaired) electrons. The van der Waals surface area contributed by atoms with Crippen molar-refractivity contribution >= 4 is 0 Å². The van der Waals surface area contributed by atoms with Gasteiger partial charge in [0, 0.05) is 6.04 Å². The summed E-state index contributed by atoms with van der Waals surface area (Å²) in [6.45, 7) is 7.21. The van der Waals surface area contributed by atoms with Gasteiger partial charge in [-0.1, -0.05) is 13.8 Å². The molecule has 0 amide bonds. The van der Waals surface area contributed by atoms with Gasteiger partial charge >= 0.3 is 0 Å². The molecule has 1 atom stereocenters. The Morgan fingerprint density at radius 3 is 1.67 bits per heavy atom. The zero-order valence-electron chi connectivity index (χ0n) is 7.07. The predicted molar refractivity (Wildman–Crippen MR) is 43.5 cm³/mol. The zero-order valence-corrected chi connectivity index (χ0v) is 7.07. The van der Waals surface area contributed by atoms with Crippen LogP contribution in [0, 0.1) is 0 Å². The molecule has 0 aliphatic rings. The van der Waals surface area contributed by atoms with Crippen LogP contribution >= 0.6 is 0 Å². The fourth-order valence-electron chi connectivity index (χ4n) is 0. The highest BCUT2D eigenvalue weighted by Crippen LogP contribution is 1.77. The van der Waals surface area contributed by atoms with Crippen LogP contribution in [-0.4, -0.2) is 19.6 Å². The van der Waals surface area contributed by atoms with E-state index in [4.69, 9.17) is 5.73 Å². The van der Waals surface area contributed by atoms with Crippen LogP contribution in [-0.2, 0) is 0 Å². The third-order valence-corrected chi connectivity index (χ3v) is 0.998. The molecule has 0 aliphatic carbocycles. The molecule has 58 valence electrons.